The molecule has 0 aromatic rings. The zero-order valence-electron chi connectivity index (χ0n) is 3.57. The normalized spacial score (nSPS) is 8.43. The predicted octanol–water partition coefficient (Wildman–Crippen LogP) is 0.637. The van der Waals surface area contributed by atoms with Gasteiger partial charge in [-0.15, -0.1) is 24.8 Å². The summed E-state index contributed by atoms with van der Waals surface area (Å²) in [5.74, 6) is 0. The smallest absolute Gasteiger partial charge is 0.322 e. The minimum Gasteiger partial charge on any atom is -0.325 e. The second-order valence-electron chi connectivity index (χ2n) is 0.835. The third-order valence-corrected chi connectivity index (χ3v) is 0. The van der Waals surface area contributed by atoms with Crippen LogP contribution in [0.5, 0.6) is 0 Å². The first-order valence-electron chi connectivity index (χ1n) is 1.03. The summed E-state index contributed by atoms with van der Waals surface area (Å²) < 4.78 is 9.33. The molecule has 0 aliphatic rings. The molecule has 0 unspecified atom stereocenters. The highest BCUT2D eigenvalue weighted by molar-refractivity contribution is 7.50. The van der Waals surface area contributed by atoms with Gasteiger partial charge in [-0.25, -0.2) is 0 Å². The van der Waals surface area contributed by atoms with E-state index in [1.165, 1.54) is 0 Å². The van der Waals surface area contributed by atoms with Crippen molar-refractivity contribution in [2.45, 2.75) is 0 Å². The summed E-state index contributed by atoms with van der Waals surface area (Å²) in [6, 6.07) is 0. The summed E-state index contributed by atoms with van der Waals surface area (Å²) in [7, 11) is -3.64. The molecule has 0 fully saturated rings. The first-order valence-corrected chi connectivity index (χ1v) is 3.09. The van der Waals surface area contributed by atoms with E-state index < -0.39 is 7.60 Å². The van der Waals surface area contributed by atoms with Crippen LogP contribution in [0.15, 0.2) is 0 Å². The second-order valence-corrected chi connectivity index (χ2v) is 2.51. The van der Waals surface area contributed by atoms with Gasteiger partial charge in [0.15, 0.2) is 0 Å². The maximum atomic E-state index is 9.33. The molecule has 0 bridgehead atoms. The van der Waals surface area contributed by atoms with Crippen molar-refractivity contribution in [1.82, 2.24) is 0 Å². The molecular formula is CH7Cl2O3P. The zero-order chi connectivity index (χ0) is 4.50. The van der Waals surface area contributed by atoms with Gasteiger partial charge in [-0.2, -0.15) is 0 Å². The molecule has 0 rings (SSSR count). The van der Waals surface area contributed by atoms with Crippen molar-refractivity contribution < 1.29 is 14.4 Å². The van der Waals surface area contributed by atoms with Crippen LogP contribution in [0.4, 0.5) is 0 Å². The van der Waals surface area contributed by atoms with Crippen LogP contribution in [-0.2, 0) is 4.57 Å². The Labute approximate surface area is 54.1 Å². The summed E-state index contributed by atoms with van der Waals surface area (Å²) >= 11 is 0. The van der Waals surface area contributed by atoms with Gasteiger partial charge in [-0.05, 0) is 0 Å². The number of hydrogen-bond donors (Lipinski definition) is 2. The molecule has 0 amide bonds. The SMILES string of the molecule is CP(=O)(O)O.Cl.Cl. The van der Waals surface area contributed by atoms with Crippen molar-refractivity contribution in [1.29, 1.82) is 0 Å². The van der Waals surface area contributed by atoms with Crippen LogP contribution < -0.4 is 0 Å². The van der Waals surface area contributed by atoms with E-state index in [2.05, 4.69) is 0 Å². The molecule has 0 saturated carbocycles. The summed E-state index contributed by atoms with van der Waals surface area (Å²) in [5, 5.41) is 0. The fourth-order valence-electron chi connectivity index (χ4n) is 0. The number of rotatable bonds is 0. The topological polar surface area (TPSA) is 57.5 Å². The van der Waals surface area contributed by atoms with Gasteiger partial charge in [0.2, 0.25) is 0 Å². The van der Waals surface area contributed by atoms with E-state index in [9.17, 15) is 4.57 Å². The van der Waals surface area contributed by atoms with Gasteiger partial charge in [-0.1, -0.05) is 0 Å². The van der Waals surface area contributed by atoms with Gasteiger partial charge >= 0.3 is 7.60 Å². The molecule has 0 aromatic heterocycles. The predicted molar refractivity (Wildman–Crippen MR) is 32.5 cm³/mol. The number of halogens is 2. The largest absolute Gasteiger partial charge is 0.325 e. The van der Waals surface area contributed by atoms with Crippen molar-refractivity contribution in [3.05, 3.63) is 0 Å². The maximum absolute atomic E-state index is 9.33. The Morgan fingerprint density at radius 3 is 1.29 bits per heavy atom. The van der Waals surface area contributed by atoms with Gasteiger partial charge in [0, 0.05) is 6.66 Å². The van der Waals surface area contributed by atoms with Crippen LogP contribution >= 0.6 is 32.4 Å². The Kier molecular flexibility index (Phi) is 10.9. The molecule has 0 heterocycles. The third-order valence-electron chi connectivity index (χ3n) is 0. The molecule has 2 N–H and O–H groups in total. The zero-order valence-corrected chi connectivity index (χ0v) is 6.09. The lowest BCUT2D eigenvalue weighted by molar-refractivity contribution is 0.381. The van der Waals surface area contributed by atoms with E-state index in [1.54, 1.807) is 0 Å². The lowest BCUT2D eigenvalue weighted by atomic mass is 12.0. The van der Waals surface area contributed by atoms with E-state index >= 15 is 0 Å². The molecule has 0 saturated heterocycles. The lowest BCUT2D eigenvalue weighted by Gasteiger charge is -1.84. The fourth-order valence-corrected chi connectivity index (χ4v) is 0. The van der Waals surface area contributed by atoms with Crippen LogP contribution in [0.3, 0.4) is 0 Å². The van der Waals surface area contributed by atoms with Crippen molar-refractivity contribution >= 4 is 32.4 Å². The van der Waals surface area contributed by atoms with Gasteiger partial charge < -0.3 is 9.79 Å². The van der Waals surface area contributed by atoms with Crippen molar-refractivity contribution in [3.8, 4) is 0 Å². The summed E-state index contributed by atoms with van der Waals surface area (Å²) in [4.78, 5) is 15.3. The van der Waals surface area contributed by atoms with Crippen molar-refractivity contribution in [2.75, 3.05) is 6.66 Å². The maximum Gasteiger partial charge on any atom is 0.322 e. The average Bonchev–Trinajstić information content (AvgIpc) is 0.722. The number of hydrogen-bond acceptors (Lipinski definition) is 1. The monoisotopic (exact) mass is 168 g/mol. The lowest BCUT2D eigenvalue weighted by Crippen LogP contribution is -1.64. The van der Waals surface area contributed by atoms with Crippen LogP contribution in [0, 0.1) is 0 Å². The van der Waals surface area contributed by atoms with Crippen molar-refractivity contribution in [2.24, 2.45) is 0 Å². The van der Waals surface area contributed by atoms with Gasteiger partial charge in [0.05, 0.1) is 0 Å². The van der Waals surface area contributed by atoms with E-state index in [0.717, 1.165) is 6.66 Å². The standard InChI is InChI=1S/CH5O3P.2ClH/c1-5(2,3)4;;/h1H3,(H2,2,3,4);2*1H. The van der Waals surface area contributed by atoms with Crippen LogP contribution in [-0.4, -0.2) is 16.5 Å². The Balaban J connectivity index is -0.0000000800. The van der Waals surface area contributed by atoms with Gasteiger partial charge in [-0.3, -0.25) is 4.57 Å². The molecule has 0 atom stereocenters. The fraction of sp³-hybridized carbons (Fsp3) is 1.00. The van der Waals surface area contributed by atoms with Crippen LogP contribution in [0.1, 0.15) is 0 Å². The first kappa shape index (κ1) is 15.6. The van der Waals surface area contributed by atoms with E-state index in [-0.39, 0.29) is 24.8 Å². The molecule has 0 aliphatic heterocycles. The molecule has 0 spiro atoms. The Morgan fingerprint density at radius 1 is 1.29 bits per heavy atom. The Bertz CT molecular complexity index is 59.1. The van der Waals surface area contributed by atoms with Crippen molar-refractivity contribution in [3.63, 3.8) is 0 Å². The van der Waals surface area contributed by atoms with Gasteiger partial charge in [0.1, 0.15) is 0 Å². The Hall–Kier alpha value is 0.730. The average molecular weight is 169 g/mol. The van der Waals surface area contributed by atoms with Gasteiger partial charge in [0.25, 0.3) is 0 Å². The Morgan fingerprint density at radius 2 is 1.29 bits per heavy atom. The molecule has 7 heavy (non-hydrogen) atoms. The summed E-state index contributed by atoms with van der Waals surface area (Å²) in [6.45, 7) is 0.854. The summed E-state index contributed by atoms with van der Waals surface area (Å²) in [5.41, 5.74) is 0. The molecule has 48 valence electrons. The molecule has 6 heteroatoms. The summed E-state index contributed by atoms with van der Waals surface area (Å²) in [6.07, 6.45) is 0. The molecule has 0 aromatic carbocycles. The highest BCUT2D eigenvalue weighted by Gasteiger charge is 1.95. The van der Waals surface area contributed by atoms with Crippen LogP contribution in [0.25, 0.3) is 0 Å². The first-order chi connectivity index (χ1) is 2.00. The highest BCUT2D eigenvalue weighted by Crippen LogP contribution is 2.26. The quantitative estimate of drug-likeness (QED) is 0.523. The molecule has 0 aliphatic carbocycles. The van der Waals surface area contributed by atoms with Crippen LogP contribution in [0.2, 0.25) is 0 Å². The molecule has 3 nitrogen and oxygen atoms in total. The molecule has 0 radical (unpaired) electrons. The third kappa shape index (κ3) is 283. The van der Waals surface area contributed by atoms with E-state index in [1.807, 2.05) is 0 Å². The highest BCUT2D eigenvalue weighted by atomic mass is 35.5. The molecular weight excluding hydrogens is 162 g/mol. The second kappa shape index (κ2) is 4.88. The van der Waals surface area contributed by atoms with E-state index in [0.29, 0.717) is 0 Å². The minimum atomic E-state index is -3.64. The van der Waals surface area contributed by atoms with E-state index in [4.69, 9.17) is 9.79 Å². The minimum absolute atomic E-state index is 0.